The highest BCUT2D eigenvalue weighted by Gasteiger charge is 2.47. The Morgan fingerprint density at radius 2 is 1.96 bits per heavy atom. The van der Waals surface area contributed by atoms with Crippen LogP contribution in [0.2, 0.25) is 0 Å². The minimum Gasteiger partial charge on any atom is -0.467 e. The first-order valence-electron chi connectivity index (χ1n) is 9.90. The lowest BCUT2D eigenvalue weighted by Gasteiger charge is -2.41. The summed E-state index contributed by atoms with van der Waals surface area (Å²) in [5.74, 6) is -0.222. The molecule has 1 spiro atoms. The fourth-order valence-electron chi connectivity index (χ4n) is 3.03. The second-order valence-electron chi connectivity index (χ2n) is 6.21. The predicted octanol–water partition coefficient (Wildman–Crippen LogP) is 4.12. The number of nitrogens with one attached hydrogen (secondary N) is 1. The predicted molar refractivity (Wildman–Crippen MR) is 108 cm³/mol. The molecular weight excluding hydrogens is 362 g/mol. The SMILES string of the molecule is C=NN/C(CC)=N\CN=NC1=C(OC)OC2(CCC(CC)CC2)OC1=O.CC. The first-order valence-corrected chi connectivity index (χ1v) is 9.90. The molecule has 0 aromatic carbocycles. The van der Waals surface area contributed by atoms with Crippen molar-refractivity contribution in [2.45, 2.75) is 72.0 Å². The minimum atomic E-state index is -0.944. The van der Waals surface area contributed by atoms with Gasteiger partial charge in [0, 0.05) is 26.0 Å². The third-order valence-electron chi connectivity index (χ3n) is 4.61. The monoisotopic (exact) mass is 395 g/mol. The van der Waals surface area contributed by atoms with Crippen LogP contribution in [0.3, 0.4) is 0 Å². The lowest BCUT2D eigenvalue weighted by Crippen LogP contribution is -2.45. The number of nitrogens with zero attached hydrogens (tertiary/aromatic N) is 4. The molecule has 2 rings (SSSR count). The zero-order valence-corrected chi connectivity index (χ0v) is 17.7. The molecule has 0 aromatic rings. The molecule has 1 saturated carbocycles. The third kappa shape index (κ3) is 6.31. The number of azo groups is 1. The van der Waals surface area contributed by atoms with E-state index in [4.69, 9.17) is 14.2 Å². The van der Waals surface area contributed by atoms with Crippen molar-refractivity contribution < 1.29 is 19.0 Å². The second kappa shape index (κ2) is 12.1. The van der Waals surface area contributed by atoms with Gasteiger partial charge in [-0.15, -0.1) is 5.11 Å². The molecule has 0 bridgehead atoms. The van der Waals surface area contributed by atoms with Crippen LogP contribution >= 0.6 is 0 Å². The van der Waals surface area contributed by atoms with Gasteiger partial charge in [0.1, 0.15) is 5.84 Å². The normalized spacial score (nSPS) is 25.0. The fourth-order valence-corrected chi connectivity index (χ4v) is 3.03. The topological polar surface area (TPSA) is 106 Å². The molecule has 1 aliphatic carbocycles. The summed E-state index contributed by atoms with van der Waals surface area (Å²) in [5, 5.41) is 11.3. The van der Waals surface area contributed by atoms with E-state index in [9.17, 15) is 4.79 Å². The van der Waals surface area contributed by atoms with Gasteiger partial charge in [-0.2, -0.15) is 10.2 Å². The van der Waals surface area contributed by atoms with Crippen LogP contribution in [0.5, 0.6) is 0 Å². The van der Waals surface area contributed by atoms with Crippen molar-refractivity contribution in [3.63, 3.8) is 0 Å². The average molecular weight is 396 g/mol. The summed E-state index contributed by atoms with van der Waals surface area (Å²) in [4.78, 5) is 16.6. The van der Waals surface area contributed by atoms with Gasteiger partial charge in [-0.05, 0) is 18.8 Å². The lowest BCUT2D eigenvalue weighted by atomic mass is 9.83. The summed E-state index contributed by atoms with van der Waals surface area (Å²) < 4.78 is 16.7. The van der Waals surface area contributed by atoms with Gasteiger partial charge in [0.05, 0.1) is 7.11 Å². The van der Waals surface area contributed by atoms with E-state index in [2.05, 4.69) is 39.4 Å². The zero-order chi connectivity index (χ0) is 21.0. The molecule has 0 atom stereocenters. The Labute approximate surface area is 167 Å². The molecule has 28 heavy (non-hydrogen) atoms. The van der Waals surface area contributed by atoms with E-state index in [1.165, 1.54) is 7.11 Å². The molecule has 0 unspecified atom stereocenters. The maximum absolute atomic E-state index is 12.4. The van der Waals surface area contributed by atoms with Crippen molar-refractivity contribution in [1.29, 1.82) is 0 Å². The van der Waals surface area contributed by atoms with Gasteiger partial charge in [-0.25, -0.2) is 9.79 Å². The summed E-state index contributed by atoms with van der Waals surface area (Å²) in [6, 6.07) is 0. The third-order valence-corrected chi connectivity index (χ3v) is 4.61. The van der Waals surface area contributed by atoms with Crippen molar-refractivity contribution >= 4 is 18.5 Å². The van der Waals surface area contributed by atoms with Crippen LogP contribution in [0, 0.1) is 5.92 Å². The Bertz CT molecular complexity index is 607. The number of esters is 1. The maximum Gasteiger partial charge on any atom is 0.369 e. The molecule has 1 fully saturated rings. The Hall–Kier alpha value is -2.45. The Balaban J connectivity index is 0.00000190. The van der Waals surface area contributed by atoms with Gasteiger partial charge in [0.25, 0.3) is 11.5 Å². The zero-order valence-electron chi connectivity index (χ0n) is 17.7. The summed E-state index contributed by atoms with van der Waals surface area (Å²) in [6.45, 7) is 11.4. The van der Waals surface area contributed by atoms with E-state index in [0.29, 0.717) is 31.0 Å². The molecule has 1 N–H and O–H groups in total. The number of rotatable bonds is 7. The molecule has 0 amide bonds. The van der Waals surface area contributed by atoms with Crippen LogP contribution < -0.4 is 5.43 Å². The smallest absolute Gasteiger partial charge is 0.369 e. The van der Waals surface area contributed by atoms with E-state index >= 15 is 0 Å². The van der Waals surface area contributed by atoms with Crippen molar-refractivity contribution in [1.82, 2.24) is 5.43 Å². The summed E-state index contributed by atoms with van der Waals surface area (Å²) in [6.07, 6.45) is 4.98. The number of carbonyl (C=O) groups excluding carboxylic acids is 1. The van der Waals surface area contributed by atoms with Crippen LogP contribution in [0.4, 0.5) is 0 Å². The number of amidine groups is 1. The van der Waals surface area contributed by atoms with Crippen molar-refractivity contribution in [2.75, 3.05) is 13.8 Å². The molecule has 9 nitrogen and oxygen atoms in total. The number of hydrogen-bond donors (Lipinski definition) is 1. The molecule has 9 heteroatoms. The number of hydrazone groups is 1. The number of methoxy groups -OCH3 is 1. The highest BCUT2D eigenvalue weighted by molar-refractivity contribution is 5.89. The van der Waals surface area contributed by atoms with Crippen LogP contribution in [-0.2, 0) is 19.0 Å². The number of aliphatic imine (C=N–C) groups is 1. The van der Waals surface area contributed by atoms with Gasteiger partial charge in [0.15, 0.2) is 6.67 Å². The first kappa shape index (κ1) is 23.6. The molecule has 0 saturated heterocycles. The van der Waals surface area contributed by atoms with E-state index in [0.717, 1.165) is 19.3 Å². The molecular formula is C19H33N5O4. The maximum atomic E-state index is 12.4. The Morgan fingerprint density at radius 3 is 2.50 bits per heavy atom. The average Bonchev–Trinajstić information content (AvgIpc) is 2.73. The van der Waals surface area contributed by atoms with Crippen molar-refractivity contribution in [3.05, 3.63) is 11.6 Å². The van der Waals surface area contributed by atoms with Gasteiger partial charge >= 0.3 is 11.9 Å². The first-order chi connectivity index (χ1) is 13.6. The van der Waals surface area contributed by atoms with E-state index < -0.39 is 11.8 Å². The van der Waals surface area contributed by atoms with Crippen molar-refractivity contribution in [3.8, 4) is 0 Å². The molecule has 1 heterocycles. The number of carbonyl (C=O) groups is 1. The molecule has 0 aromatic heterocycles. The summed E-state index contributed by atoms with van der Waals surface area (Å²) in [7, 11) is 1.43. The largest absolute Gasteiger partial charge is 0.467 e. The Kier molecular flexibility index (Phi) is 10.2. The van der Waals surface area contributed by atoms with Gasteiger partial charge < -0.3 is 14.2 Å². The van der Waals surface area contributed by atoms with Crippen LogP contribution in [0.25, 0.3) is 0 Å². The highest BCUT2D eigenvalue weighted by Crippen LogP contribution is 2.41. The fraction of sp³-hybridized carbons (Fsp3) is 0.737. The quantitative estimate of drug-likeness (QED) is 0.229. The number of hydrogen-bond acceptors (Lipinski definition) is 8. The second-order valence-corrected chi connectivity index (χ2v) is 6.21. The van der Waals surface area contributed by atoms with Crippen LogP contribution in [0.15, 0.2) is 32.0 Å². The summed E-state index contributed by atoms with van der Waals surface area (Å²) in [5.41, 5.74) is 2.57. The van der Waals surface area contributed by atoms with Crippen LogP contribution in [-0.4, -0.2) is 38.1 Å². The van der Waals surface area contributed by atoms with Gasteiger partial charge in [-0.3, -0.25) is 5.43 Å². The van der Waals surface area contributed by atoms with E-state index in [1.54, 1.807) is 0 Å². The highest BCUT2D eigenvalue weighted by atomic mass is 16.8. The standard InChI is InChI=1S/C17H27N5O4.C2H6/c1-5-12-7-9-17(10-8-12)25-15(23)14(16(24-4)26-17)22-20-11-19-13(6-2)21-18-3;1-2/h12H,3,5-11H2,1-2,4H3,(H,19,21);1-2H3. The van der Waals surface area contributed by atoms with Gasteiger partial charge in [0.2, 0.25) is 0 Å². The number of ether oxygens (including phenoxy) is 3. The van der Waals surface area contributed by atoms with E-state index in [1.807, 2.05) is 20.8 Å². The van der Waals surface area contributed by atoms with E-state index in [-0.39, 0.29) is 18.3 Å². The lowest BCUT2D eigenvalue weighted by molar-refractivity contribution is -0.255. The molecule has 158 valence electrons. The molecule has 1 aliphatic heterocycles. The van der Waals surface area contributed by atoms with Crippen LogP contribution in [0.1, 0.15) is 66.2 Å². The summed E-state index contributed by atoms with van der Waals surface area (Å²) >= 11 is 0. The Morgan fingerprint density at radius 1 is 1.29 bits per heavy atom. The molecule has 2 aliphatic rings. The van der Waals surface area contributed by atoms with Crippen molar-refractivity contribution in [2.24, 2.45) is 26.2 Å². The molecule has 0 radical (unpaired) electrons. The van der Waals surface area contributed by atoms with Gasteiger partial charge in [-0.1, -0.05) is 34.1 Å². The minimum absolute atomic E-state index is 0.0305.